The Bertz CT molecular complexity index is 1200. The number of aromatic nitrogens is 3. The molecule has 9 nitrogen and oxygen atoms in total. The molecule has 186 valence electrons. The predicted octanol–water partition coefficient (Wildman–Crippen LogP) is 3.75. The van der Waals surface area contributed by atoms with Crippen LogP contribution in [0.25, 0.3) is 10.4 Å². The number of H-pyrrole nitrogens is 1. The summed E-state index contributed by atoms with van der Waals surface area (Å²) in [6.07, 6.45) is 0.771. The predicted molar refractivity (Wildman–Crippen MR) is 133 cm³/mol. The van der Waals surface area contributed by atoms with Crippen molar-refractivity contribution in [2.75, 3.05) is 6.54 Å². The molecule has 35 heavy (non-hydrogen) atoms. The summed E-state index contributed by atoms with van der Waals surface area (Å²) in [7, 11) is 0. The molecular formula is C25H31N5O4S. The van der Waals surface area contributed by atoms with Crippen molar-refractivity contribution >= 4 is 23.3 Å². The van der Waals surface area contributed by atoms with Gasteiger partial charge in [0.25, 0.3) is 0 Å². The van der Waals surface area contributed by atoms with Gasteiger partial charge in [0.05, 0.1) is 28.2 Å². The van der Waals surface area contributed by atoms with E-state index in [0.29, 0.717) is 18.7 Å². The number of likely N-dealkylation sites (tertiary alicyclic amines) is 1. The Labute approximate surface area is 208 Å². The average Bonchev–Trinajstić information content (AvgIpc) is 3.51. The van der Waals surface area contributed by atoms with Crippen LogP contribution in [0.3, 0.4) is 0 Å². The van der Waals surface area contributed by atoms with Gasteiger partial charge in [0, 0.05) is 31.3 Å². The summed E-state index contributed by atoms with van der Waals surface area (Å²) >= 11 is 1.62. The number of imidazole rings is 1. The molecule has 3 atom stereocenters. The number of rotatable bonds is 6. The van der Waals surface area contributed by atoms with Crippen LogP contribution in [0.2, 0.25) is 0 Å². The van der Waals surface area contributed by atoms with Crippen molar-refractivity contribution in [2.24, 2.45) is 5.41 Å². The highest BCUT2D eigenvalue weighted by atomic mass is 32.1. The summed E-state index contributed by atoms with van der Waals surface area (Å²) in [5.41, 5.74) is 5.38. The fourth-order valence-corrected chi connectivity index (χ4v) is 5.27. The number of aromatic amines is 1. The van der Waals surface area contributed by atoms with Crippen molar-refractivity contribution in [3.63, 3.8) is 0 Å². The fraction of sp³-hybridized carbons (Fsp3) is 0.440. The number of benzene rings is 1. The molecule has 2 amide bonds. The Morgan fingerprint density at radius 3 is 2.57 bits per heavy atom. The second kappa shape index (κ2) is 9.79. The molecule has 0 saturated carbocycles. The molecule has 1 aromatic carbocycles. The molecule has 3 heterocycles. The van der Waals surface area contributed by atoms with E-state index in [4.69, 9.17) is 0 Å². The van der Waals surface area contributed by atoms with E-state index in [1.807, 2.05) is 12.4 Å². The van der Waals surface area contributed by atoms with E-state index in [0.717, 1.165) is 27.4 Å². The second-order valence-electron chi connectivity index (χ2n) is 10.1. The van der Waals surface area contributed by atoms with Crippen molar-refractivity contribution in [2.45, 2.75) is 58.7 Å². The fourth-order valence-electron chi connectivity index (χ4n) is 4.46. The number of aliphatic hydroxyl groups is 1. The third-order valence-electron chi connectivity index (χ3n) is 6.26. The van der Waals surface area contributed by atoms with Gasteiger partial charge in [-0.05, 0) is 23.5 Å². The number of hydrogen-bond donors (Lipinski definition) is 4. The van der Waals surface area contributed by atoms with Crippen LogP contribution in [-0.2, 0) is 11.2 Å². The summed E-state index contributed by atoms with van der Waals surface area (Å²) in [5.74, 6) is 0.220. The Kier molecular flexibility index (Phi) is 6.95. The molecule has 0 bridgehead atoms. The number of carbonyl (C=O) groups is 2. The third-order valence-corrected chi connectivity index (χ3v) is 7.24. The maximum atomic E-state index is 13.4. The lowest BCUT2D eigenvalue weighted by Gasteiger charge is -2.34. The monoisotopic (exact) mass is 497 g/mol. The van der Waals surface area contributed by atoms with Crippen LogP contribution >= 0.6 is 11.3 Å². The Morgan fingerprint density at radius 2 is 1.97 bits per heavy atom. The van der Waals surface area contributed by atoms with Crippen LogP contribution in [0.15, 0.2) is 36.0 Å². The number of carbonyl (C=O) groups excluding carboxylic acids is 1. The molecule has 1 fully saturated rings. The van der Waals surface area contributed by atoms with E-state index in [1.54, 1.807) is 38.3 Å². The standard InChI is InChI=1S/C25H31N5O4S/c1-14-20(35-13-27-14)16-7-5-15(6-8-16)9-17-11-26-22(28-17)19-10-18(31)12-30(19)23(32)21(25(2,3)4)29-24(33)34/h5-8,11,13,18-19,21,29,31H,9-10,12H2,1-4H3,(H,26,28)(H,33,34)/t18-,19+,21-/m1/s1. The highest BCUT2D eigenvalue weighted by Crippen LogP contribution is 2.34. The zero-order chi connectivity index (χ0) is 25.3. The lowest BCUT2D eigenvalue weighted by Crippen LogP contribution is -2.54. The summed E-state index contributed by atoms with van der Waals surface area (Å²) in [5, 5.41) is 21.9. The van der Waals surface area contributed by atoms with Crippen molar-refractivity contribution in [3.8, 4) is 10.4 Å². The average molecular weight is 498 g/mol. The third kappa shape index (κ3) is 5.54. The molecule has 10 heteroatoms. The topological polar surface area (TPSA) is 131 Å². The van der Waals surface area contributed by atoms with Crippen molar-refractivity contribution < 1.29 is 19.8 Å². The number of aryl methyl sites for hydroxylation is 1. The first-order chi connectivity index (χ1) is 16.5. The zero-order valence-corrected chi connectivity index (χ0v) is 21.1. The van der Waals surface area contributed by atoms with Gasteiger partial charge in [-0.15, -0.1) is 11.3 Å². The molecule has 0 radical (unpaired) electrons. The minimum absolute atomic E-state index is 0.131. The minimum Gasteiger partial charge on any atom is -0.465 e. The van der Waals surface area contributed by atoms with Gasteiger partial charge in [-0.1, -0.05) is 45.0 Å². The van der Waals surface area contributed by atoms with Crippen LogP contribution in [0.4, 0.5) is 4.79 Å². The lowest BCUT2D eigenvalue weighted by molar-refractivity contribution is -0.137. The van der Waals surface area contributed by atoms with Gasteiger partial charge in [-0.2, -0.15) is 0 Å². The van der Waals surface area contributed by atoms with E-state index in [1.165, 1.54) is 4.90 Å². The zero-order valence-electron chi connectivity index (χ0n) is 20.3. The molecule has 0 unspecified atom stereocenters. The number of aliphatic hydroxyl groups excluding tert-OH is 1. The molecule has 1 saturated heterocycles. The van der Waals surface area contributed by atoms with Gasteiger partial charge in [-0.25, -0.2) is 14.8 Å². The van der Waals surface area contributed by atoms with Gasteiger partial charge in [0.1, 0.15) is 11.9 Å². The Balaban J connectivity index is 1.50. The van der Waals surface area contributed by atoms with E-state index >= 15 is 0 Å². The number of thiazole rings is 1. The molecule has 1 aliphatic heterocycles. The first-order valence-electron chi connectivity index (χ1n) is 11.5. The van der Waals surface area contributed by atoms with Crippen LogP contribution in [0.1, 0.15) is 56.0 Å². The SMILES string of the molecule is Cc1ncsc1-c1ccc(Cc2cnc([C@@H]3C[C@@H](O)CN3C(=O)[C@@H](NC(=O)O)C(C)(C)C)[nH]2)cc1. The molecule has 2 aromatic heterocycles. The lowest BCUT2D eigenvalue weighted by atomic mass is 9.85. The number of nitrogens with zero attached hydrogens (tertiary/aromatic N) is 3. The van der Waals surface area contributed by atoms with Crippen LogP contribution in [0.5, 0.6) is 0 Å². The molecule has 3 aromatic rings. The second-order valence-corrected chi connectivity index (χ2v) is 10.9. The summed E-state index contributed by atoms with van der Waals surface area (Å²) in [6, 6.07) is 6.93. The number of hydrogen-bond acceptors (Lipinski definition) is 6. The first-order valence-corrected chi connectivity index (χ1v) is 12.4. The maximum absolute atomic E-state index is 13.4. The quantitative estimate of drug-likeness (QED) is 0.410. The number of β-amino-alcohol motifs (C(OH)–C–C–N with tert-alkyl or cyclic N) is 1. The highest BCUT2D eigenvalue weighted by molar-refractivity contribution is 7.13. The molecule has 4 rings (SSSR count). The number of carboxylic acid groups (broad SMARTS) is 1. The first kappa shape index (κ1) is 24.9. The van der Waals surface area contributed by atoms with E-state index in [-0.39, 0.29) is 12.5 Å². The van der Waals surface area contributed by atoms with Crippen LogP contribution in [0, 0.1) is 12.3 Å². The van der Waals surface area contributed by atoms with Gasteiger partial charge in [-0.3, -0.25) is 4.79 Å². The van der Waals surface area contributed by atoms with Gasteiger partial charge >= 0.3 is 6.09 Å². The minimum atomic E-state index is -1.26. The molecule has 1 aliphatic rings. The van der Waals surface area contributed by atoms with Crippen molar-refractivity contribution in [3.05, 3.63) is 58.7 Å². The molecule has 4 N–H and O–H groups in total. The Hall–Kier alpha value is -3.24. The molecular weight excluding hydrogens is 466 g/mol. The number of nitrogens with one attached hydrogen (secondary N) is 2. The van der Waals surface area contributed by atoms with Gasteiger partial charge in [0.2, 0.25) is 5.91 Å². The largest absolute Gasteiger partial charge is 0.465 e. The van der Waals surface area contributed by atoms with Crippen LogP contribution < -0.4 is 5.32 Å². The maximum Gasteiger partial charge on any atom is 0.405 e. The van der Waals surface area contributed by atoms with Crippen molar-refractivity contribution in [1.29, 1.82) is 0 Å². The summed E-state index contributed by atoms with van der Waals surface area (Å²) in [6.45, 7) is 7.55. The van der Waals surface area contributed by atoms with Crippen LogP contribution in [-0.4, -0.2) is 60.8 Å². The summed E-state index contributed by atoms with van der Waals surface area (Å²) < 4.78 is 0. The van der Waals surface area contributed by atoms with Gasteiger partial charge in [0.15, 0.2) is 0 Å². The normalized spacial score (nSPS) is 19.1. The number of amides is 2. The van der Waals surface area contributed by atoms with Crippen molar-refractivity contribution in [1.82, 2.24) is 25.2 Å². The van der Waals surface area contributed by atoms with E-state index < -0.39 is 29.7 Å². The van der Waals surface area contributed by atoms with E-state index in [9.17, 15) is 19.8 Å². The van der Waals surface area contributed by atoms with E-state index in [2.05, 4.69) is 44.5 Å². The molecule has 0 aliphatic carbocycles. The Morgan fingerprint density at radius 1 is 1.26 bits per heavy atom. The van der Waals surface area contributed by atoms with Gasteiger partial charge < -0.3 is 25.4 Å². The smallest absolute Gasteiger partial charge is 0.405 e. The highest BCUT2D eigenvalue weighted by Gasteiger charge is 2.43. The molecule has 0 spiro atoms. The summed E-state index contributed by atoms with van der Waals surface area (Å²) in [4.78, 5) is 39.5.